The minimum Gasteiger partial charge on any atom is -0.354 e. The van der Waals surface area contributed by atoms with E-state index >= 15 is 0 Å². The zero-order valence-electron chi connectivity index (χ0n) is 11.7. The maximum Gasteiger partial charge on any atom is 0.317 e. The SMILES string of the molecule is CC(C)CNC(=O)CN(C)C(=O)NC1CCCC1. The third kappa shape index (κ3) is 5.38. The summed E-state index contributed by atoms with van der Waals surface area (Å²) in [4.78, 5) is 24.8. The molecule has 1 aliphatic carbocycles. The van der Waals surface area contributed by atoms with Crippen molar-refractivity contribution in [3.63, 3.8) is 0 Å². The molecule has 0 spiro atoms. The third-order valence-electron chi connectivity index (χ3n) is 3.12. The maximum absolute atomic E-state index is 11.8. The van der Waals surface area contributed by atoms with Crippen molar-refractivity contribution in [2.45, 2.75) is 45.6 Å². The van der Waals surface area contributed by atoms with Gasteiger partial charge in [0.15, 0.2) is 0 Å². The molecule has 1 saturated carbocycles. The molecule has 18 heavy (non-hydrogen) atoms. The van der Waals surface area contributed by atoms with Crippen LogP contribution in [-0.2, 0) is 4.79 Å². The second kappa shape index (κ2) is 7.24. The Labute approximate surface area is 109 Å². The van der Waals surface area contributed by atoms with Crippen LogP contribution < -0.4 is 10.6 Å². The molecule has 5 heteroatoms. The molecule has 5 nitrogen and oxygen atoms in total. The highest BCUT2D eigenvalue weighted by Gasteiger charge is 2.20. The predicted octanol–water partition coefficient (Wildman–Crippen LogP) is 1.34. The van der Waals surface area contributed by atoms with E-state index in [1.54, 1.807) is 7.05 Å². The largest absolute Gasteiger partial charge is 0.354 e. The molecule has 0 bridgehead atoms. The van der Waals surface area contributed by atoms with E-state index in [1.165, 1.54) is 17.7 Å². The van der Waals surface area contributed by atoms with Crippen molar-refractivity contribution >= 4 is 11.9 Å². The second-order valence-corrected chi connectivity index (χ2v) is 5.48. The number of nitrogens with one attached hydrogen (secondary N) is 2. The first-order valence-electron chi connectivity index (χ1n) is 6.77. The first-order chi connectivity index (χ1) is 8.49. The van der Waals surface area contributed by atoms with Gasteiger partial charge in [-0.05, 0) is 18.8 Å². The Morgan fingerprint density at radius 3 is 2.44 bits per heavy atom. The summed E-state index contributed by atoms with van der Waals surface area (Å²) in [7, 11) is 1.65. The summed E-state index contributed by atoms with van der Waals surface area (Å²) in [6.07, 6.45) is 4.48. The molecule has 0 aliphatic heterocycles. The van der Waals surface area contributed by atoms with Crippen LogP contribution in [0.2, 0.25) is 0 Å². The minimum atomic E-state index is -0.151. The summed E-state index contributed by atoms with van der Waals surface area (Å²) in [6.45, 7) is 4.84. The lowest BCUT2D eigenvalue weighted by atomic mass is 10.2. The summed E-state index contributed by atoms with van der Waals surface area (Å²) in [5.41, 5.74) is 0. The lowest BCUT2D eigenvalue weighted by molar-refractivity contribution is -0.121. The highest BCUT2D eigenvalue weighted by Crippen LogP contribution is 2.17. The molecule has 0 aromatic carbocycles. The van der Waals surface area contributed by atoms with Crippen LogP contribution in [-0.4, -0.2) is 43.0 Å². The molecule has 0 saturated heterocycles. The fourth-order valence-corrected chi connectivity index (χ4v) is 2.02. The van der Waals surface area contributed by atoms with Crippen molar-refractivity contribution in [3.05, 3.63) is 0 Å². The quantitative estimate of drug-likeness (QED) is 0.779. The van der Waals surface area contributed by atoms with Gasteiger partial charge in [-0.3, -0.25) is 4.79 Å². The average molecular weight is 255 g/mol. The molecular weight excluding hydrogens is 230 g/mol. The van der Waals surface area contributed by atoms with E-state index in [2.05, 4.69) is 10.6 Å². The van der Waals surface area contributed by atoms with Gasteiger partial charge >= 0.3 is 6.03 Å². The Morgan fingerprint density at radius 2 is 1.89 bits per heavy atom. The van der Waals surface area contributed by atoms with Gasteiger partial charge in [-0.15, -0.1) is 0 Å². The predicted molar refractivity (Wildman–Crippen MR) is 71.3 cm³/mol. The molecule has 0 radical (unpaired) electrons. The molecule has 0 aromatic rings. The smallest absolute Gasteiger partial charge is 0.317 e. The van der Waals surface area contributed by atoms with Crippen LogP contribution in [0.1, 0.15) is 39.5 Å². The Kier molecular flexibility index (Phi) is 5.95. The summed E-state index contributed by atoms with van der Waals surface area (Å²) < 4.78 is 0. The lowest BCUT2D eigenvalue weighted by Gasteiger charge is -2.20. The van der Waals surface area contributed by atoms with Crippen LogP contribution in [0.3, 0.4) is 0 Å². The van der Waals surface area contributed by atoms with Crippen molar-refractivity contribution in [2.24, 2.45) is 5.92 Å². The number of hydrogen-bond acceptors (Lipinski definition) is 2. The number of amides is 3. The minimum absolute atomic E-state index is 0.104. The molecule has 0 heterocycles. The third-order valence-corrected chi connectivity index (χ3v) is 3.12. The van der Waals surface area contributed by atoms with Crippen LogP contribution in [0, 0.1) is 5.92 Å². The van der Waals surface area contributed by atoms with E-state index in [4.69, 9.17) is 0 Å². The number of carbonyl (C=O) groups is 2. The van der Waals surface area contributed by atoms with Crippen LogP contribution in [0.5, 0.6) is 0 Å². The number of hydrogen-bond donors (Lipinski definition) is 2. The number of carbonyl (C=O) groups excluding carboxylic acids is 2. The number of rotatable bonds is 5. The Morgan fingerprint density at radius 1 is 1.28 bits per heavy atom. The van der Waals surface area contributed by atoms with Gasteiger partial charge < -0.3 is 15.5 Å². The van der Waals surface area contributed by atoms with E-state index in [0.717, 1.165) is 12.8 Å². The van der Waals surface area contributed by atoms with Gasteiger partial charge in [-0.1, -0.05) is 26.7 Å². The van der Waals surface area contributed by atoms with E-state index < -0.39 is 0 Å². The van der Waals surface area contributed by atoms with Crippen molar-refractivity contribution in [2.75, 3.05) is 20.1 Å². The highest BCUT2D eigenvalue weighted by molar-refractivity contribution is 5.83. The van der Waals surface area contributed by atoms with E-state index in [-0.39, 0.29) is 18.5 Å². The van der Waals surface area contributed by atoms with Crippen molar-refractivity contribution in [3.8, 4) is 0 Å². The second-order valence-electron chi connectivity index (χ2n) is 5.48. The van der Waals surface area contributed by atoms with Crippen LogP contribution in [0.4, 0.5) is 4.79 Å². The monoisotopic (exact) mass is 255 g/mol. The van der Waals surface area contributed by atoms with Gasteiger partial charge in [0, 0.05) is 19.6 Å². The molecule has 0 aromatic heterocycles. The summed E-state index contributed by atoms with van der Waals surface area (Å²) >= 11 is 0. The Hall–Kier alpha value is -1.26. The highest BCUT2D eigenvalue weighted by atomic mass is 16.2. The number of likely N-dealkylation sites (N-methyl/N-ethyl adjacent to an activating group) is 1. The summed E-state index contributed by atoms with van der Waals surface area (Å²) in [5, 5.41) is 5.76. The number of nitrogens with zero attached hydrogens (tertiary/aromatic N) is 1. The van der Waals surface area contributed by atoms with Crippen LogP contribution in [0.25, 0.3) is 0 Å². The first kappa shape index (κ1) is 14.8. The number of urea groups is 1. The zero-order chi connectivity index (χ0) is 13.5. The fraction of sp³-hybridized carbons (Fsp3) is 0.846. The molecule has 104 valence electrons. The van der Waals surface area contributed by atoms with Crippen LogP contribution >= 0.6 is 0 Å². The molecule has 1 fully saturated rings. The molecule has 2 N–H and O–H groups in total. The average Bonchev–Trinajstić information content (AvgIpc) is 2.79. The van der Waals surface area contributed by atoms with Gasteiger partial charge in [0.1, 0.15) is 6.54 Å². The molecule has 3 amide bonds. The molecule has 0 unspecified atom stereocenters. The molecule has 1 aliphatic rings. The van der Waals surface area contributed by atoms with Crippen LogP contribution in [0.15, 0.2) is 0 Å². The van der Waals surface area contributed by atoms with E-state index in [1.807, 2.05) is 13.8 Å². The molecular formula is C13H25N3O2. The van der Waals surface area contributed by atoms with E-state index in [0.29, 0.717) is 18.5 Å². The zero-order valence-corrected chi connectivity index (χ0v) is 11.7. The van der Waals surface area contributed by atoms with Gasteiger partial charge in [0.2, 0.25) is 5.91 Å². The Balaban J connectivity index is 2.23. The Bertz CT molecular complexity index is 286. The lowest BCUT2D eigenvalue weighted by Crippen LogP contribution is -2.46. The topological polar surface area (TPSA) is 61.4 Å². The standard InChI is InChI=1S/C13H25N3O2/c1-10(2)8-14-12(17)9-16(3)13(18)15-11-6-4-5-7-11/h10-11H,4-9H2,1-3H3,(H,14,17)(H,15,18). The van der Waals surface area contributed by atoms with Crippen molar-refractivity contribution in [1.82, 2.24) is 15.5 Å². The van der Waals surface area contributed by atoms with Crippen molar-refractivity contribution < 1.29 is 9.59 Å². The van der Waals surface area contributed by atoms with Gasteiger partial charge in [0.05, 0.1) is 0 Å². The van der Waals surface area contributed by atoms with Crippen molar-refractivity contribution in [1.29, 1.82) is 0 Å². The van der Waals surface area contributed by atoms with E-state index in [9.17, 15) is 9.59 Å². The molecule has 1 rings (SSSR count). The summed E-state index contributed by atoms with van der Waals surface area (Å²) in [6, 6.07) is 0.139. The van der Waals surface area contributed by atoms with Gasteiger partial charge in [-0.2, -0.15) is 0 Å². The van der Waals surface area contributed by atoms with Gasteiger partial charge in [-0.25, -0.2) is 4.79 Å². The normalized spacial score (nSPS) is 15.8. The molecule has 0 atom stereocenters. The summed E-state index contributed by atoms with van der Waals surface area (Å²) in [5.74, 6) is 0.319. The van der Waals surface area contributed by atoms with Gasteiger partial charge in [0.25, 0.3) is 0 Å². The first-order valence-corrected chi connectivity index (χ1v) is 6.77. The maximum atomic E-state index is 11.8. The fourth-order valence-electron chi connectivity index (χ4n) is 2.02.